The predicted octanol–water partition coefficient (Wildman–Crippen LogP) is 1.62. The third-order valence-electron chi connectivity index (χ3n) is 2.19. The second kappa shape index (κ2) is 5.76. The monoisotopic (exact) mass is 259 g/mol. The van der Waals surface area contributed by atoms with Crippen LogP contribution in [-0.2, 0) is 0 Å². The Balaban J connectivity index is 2.01. The zero-order valence-corrected chi connectivity index (χ0v) is 10.4. The lowest BCUT2D eigenvalue weighted by molar-refractivity contribution is 0.102. The highest BCUT2D eigenvalue weighted by Crippen LogP contribution is 2.09. The van der Waals surface area contributed by atoms with Gasteiger partial charge in [-0.15, -0.1) is 6.58 Å². The topological polar surface area (TPSA) is 92.9 Å². The first-order chi connectivity index (χ1) is 9.19. The Bertz CT molecular complexity index is 576. The number of hydrogen-bond donors (Lipinski definition) is 2. The molecular formula is C12H13N5O2. The van der Waals surface area contributed by atoms with Crippen molar-refractivity contribution < 1.29 is 9.32 Å². The summed E-state index contributed by atoms with van der Waals surface area (Å²) in [5, 5.41) is 9.16. The summed E-state index contributed by atoms with van der Waals surface area (Å²) < 4.78 is 4.85. The summed E-state index contributed by atoms with van der Waals surface area (Å²) in [5.74, 6) is 1.07. The van der Waals surface area contributed by atoms with Gasteiger partial charge in [0, 0.05) is 25.0 Å². The third-order valence-corrected chi connectivity index (χ3v) is 2.19. The van der Waals surface area contributed by atoms with E-state index in [4.69, 9.17) is 4.52 Å². The van der Waals surface area contributed by atoms with Crippen LogP contribution in [0.1, 0.15) is 16.1 Å². The van der Waals surface area contributed by atoms with Crippen LogP contribution in [0.3, 0.4) is 0 Å². The van der Waals surface area contributed by atoms with Crippen LogP contribution in [0.5, 0.6) is 0 Å². The van der Waals surface area contributed by atoms with Crippen molar-refractivity contribution in [3.63, 3.8) is 0 Å². The molecule has 0 aliphatic heterocycles. The summed E-state index contributed by atoms with van der Waals surface area (Å²) in [7, 11) is 0. The summed E-state index contributed by atoms with van der Waals surface area (Å²) in [6, 6.07) is 1.62. The quantitative estimate of drug-likeness (QED) is 0.792. The van der Waals surface area contributed by atoms with E-state index in [0.29, 0.717) is 29.6 Å². The SMILES string of the molecule is C=CCNc1ncc(C(=O)Nc2cc(C)on2)cn1. The highest BCUT2D eigenvalue weighted by atomic mass is 16.5. The molecule has 0 aliphatic carbocycles. The molecule has 7 heteroatoms. The molecule has 2 aromatic rings. The fraction of sp³-hybridized carbons (Fsp3) is 0.167. The highest BCUT2D eigenvalue weighted by Gasteiger charge is 2.09. The molecule has 0 aromatic carbocycles. The van der Waals surface area contributed by atoms with Gasteiger partial charge in [-0.2, -0.15) is 0 Å². The Labute approximate surface area is 109 Å². The van der Waals surface area contributed by atoms with Gasteiger partial charge in [-0.05, 0) is 6.92 Å². The van der Waals surface area contributed by atoms with E-state index in [2.05, 4.69) is 32.3 Å². The largest absolute Gasteiger partial charge is 0.360 e. The van der Waals surface area contributed by atoms with Crippen molar-refractivity contribution in [3.05, 3.63) is 42.4 Å². The fourth-order valence-corrected chi connectivity index (χ4v) is 1.31. The molecule has 0 bridgehead atoms. The van der Waals surface area contributed by atoms with Gasteiger partial charge in [-0.3, -0.25) is 4.79 Å². The Morgan fingerprint density at radius 3 is 2.79 bits per heavy atom. The summed E-state index contributed by atoms with van der Waals surface area (Å²) in [4.78, 5) is 19.9. The molecule has 0 radical (unpaired) electrons. The number of aromatic nitrogens is 3. The first-order valence-electron chi connectivity index (χ1n) is 5.60. The molecular weight excluding hydrogens is 246 g/mol. The van der Waals surface area contributed by atoms with Gasteiger partial charge in [0.1, 0.15) is 5.76 Å². The third kappa shape index (κ3) is 3.38. The molecule has 7 nitrogen and oxygen atoms in total. The first-order valence-corrected chi connectivity index (χ1v) is 5.60. The zero-order valence-electron chi connectivity index (χ0n) is 10.4. The van der Waals surface area contributed by atoms with Crippen molar-refractivity contribution >= 4 is 17.7 Å². The number of nitrogens with zero attached hydrogens (tertiary/aromatic N) is 3. The van der Waals surface area contributed by atoms with Crippen LogP contribution in [0, 0.1) is 6.92 Å². The van der Waals surface area contributed by atoms with Crippen LogP contribution < -0.4 is 10.6 Å². The minimum Gasteiger partial charge on any atom is -0.360 e. The number of carbonyl (C=O) groups is 1. The molecule has 2 aromatic heterocycles. The fourth-order valence-electron chi connectivity index (χ4n) is 1.31. The Kier molecular flexibility index (Phi) is 3.87. The highest BCUT2D eigenvalue weighted by molar-refractivity contribution is 6.03. The van der Waals surface area contributed by atoms with E-state index in [0.717, 1.165) is 0 Å². The average Bonchev–Trinajstić information content (AvgIpc) is 2.82. The van der Waals surface area contributed by atoms with Crippen molar-refractivity contribution in [3.8, 4) is 0 Å². The summed E-state index contributed by atoms with van der Waals surface area (Å²) in [6.07, 6.45) is 4.55. The van der Waals surface area contributed by atoms with E-state index in [-0.39, 0.29) is 5.91 Å². The van der Waals surface area contributed by atoms with Crippen LogP contribution in [0.4, 0.5) is 11.8 Å². The smallest absolute Gasteiger partial charge is 0.260 e. The van der Waals surface area contributed by atoms with Crippen molar-refractivity contribution in [2.24, 2.45) is 0 Å². The molecule has 19 heavy (non-hydrogen) atoms. The van der Waals surface area contributed by atoms with Gasteiger partial charge in [-0.25, -0.2) is 9.97 Å². The second-order valence-electron chi connectivity index (χ2n) is 3.74. The number of hydrogen-bond acceptors (Lipinski definition) is 6. The van der Waals surface area contributed by atoms with Crippen molar-refractivity contribution in [2.45, 2.75) is 6.92 Å². The number of aryl methyl sites for hydroxylation is 1. The predicted molar refractivity (Wildman–Crippen MR) is 69.9 cm³/mol. The van der Waals surface area contributed by atoms with E-state index >= 15 is 0 Å². The molecule has 2 N–H and O–H groups in total. The first kappa shape index (κ1) is 12.7. The molecule has 0 atom stereocenters. The van der Waals surface area contributed by atoms with E-state index in [1.54, 1.807) is 19.1 Å². The maximum absolute atomic E-state index is 11.8. The van der Waals surface area contributed by atoms with Gasteiger partial charge < -0.3 is 15.2 Å². The Hall–Kier alpha value is -2.70. The van der Waals surface area contributed by atoms with Gasteiger partial charge in [0.15, 0.2) is 5.82 Å². The maximum Gasteiger partial charge on any atom is 0.260 e. The summed E-state index contributed by atoms with van der Waals surface area (Å²) in [5.41, 5.74) is 0.338. The van der Waals surface area contributed by atoms with Crippen LogP contribution in [0.25, 0.3) is 0 Å². The molecule has 1 amide bonds. The summed E-state index contributed by atoms with van der Waals surface area (Å²) >= 11 is 0. The average molecular weight is 259 g/mol. The number of nitrogens with one attached hydrogen (secondary N) is 2. The van der Waals surface area contributed by atoms with Crippen molar-refractivity contribution in [2.75, 3.05) is 17.2 Å². The van der Waals surface area contributed by atoms with E-state index in [9.17, 15) is 4.79 Å². The lowest BCUT2D eigenvalue weighted by Crippen LogP contribution is -2.13. The molecule has 2 heterocycles. The molecule has 0 fully saturated rings. The second-order valence-corrected chi connectivity index (χ2v) is 3.74. The lowest BCUT2D eigenvalue weighted by Gasteiger charge is -2.03. The number of carbonyl (C=O) groups excluding carboxylic acids is 1. The molecule has 0 unspecified atom stereocenters. The van der Waals surface area contributed by atoms with Gasteiger partial charge in [0.25, 0.3) is 5.91 Å². The molecule has 2 rings (SSSR count). The normalized spacial score (nSPS) is 9.95. The summed E-state index contributed by atoms with van der Waals surface area (Å²) in [6.45, 7) is 5.87. The maximum atomic E-state index is 11.8. The zero-order chi connectivity index (χ0) is 13.7. The number of rotatable bonds is 5. The van der Waals surface area contributed by atoms with Crippen LogP contribution in [-0.4, -0.2) is 27.6 Å². The number of amides is 1. The molecule has 0 saturated carbocycles. The van der Waals surface area contributed by atoms with Gasteiger partial charge in [0.2, 0.25) is 5.95 Å². The molecule has 0 aliphatic rings. The van der Waals surface area contributed by atoms with Gasteiger partial charge in [-0.1, -0.05) is 11.2 Å². The molecule has 0 saturated heterocycles. The van der Waals surface area contributed by atoms with Crippen molar-refractivity contribution in [1.82, 2.24) is 15.1 Å². The molecule has 98 valence electrons. The lowest BCUT2D eigenvalue weighted by atomic mass is 10.3. The van der Waals surface area contributed by atoms with E-state index in [1.165, 1.54) is 12.4 Å². The van der Waals surface area contributed by atoms with Crippen LogP contribution in [0.2, 0.25) is 0 Å². The van der Waals surface area contributed by atoms with Crippen LogP contribution >= 0.6 is 0 Å². The van der Waals surface area contributed by atoms with E-state index < -0.39 is 0 Å². The Morgan fingerprint density at radius 1 is 1.47 bits per heavy atom. The minimum absolute atomic E-state index is 0.338. The number of anilines is 2. The van der Waals surface area contributed by atoms with Gasteiger partial charge in [0.05, 0.1) is 5.56 Å². The van der Waals surface area contributed by atoms with E-state index in [1.807, 2.05) is 0 Å². The minimum atomic E-state index is -0.344. The standard InChI is InChI=1S/C12H13N5O2/c1-3-4-13-12-14-6-9(7-15-12)11(18)16-10-5-8(2)19-17-10/h3,5-7H,1,4H2,2H3,(H,13,14,15)(H,16,17,18). The molecule has 0 spiro atoms. The van der Waals surface area contributed by atoms with Crippen LogP contribution in [0.15, 0.2) is 35.6 Å². The Morgan fingerprint density at radius 2 is 2.21 bits per heavy atom. The van der Waals surface area contributed by atoms with Crippen molar-refractivity contribution in [1.29, 1.82) is 0 Å². The van der Waals surface area contributed by atoms with Gasteiger partial charge >= 0.3 is 0 Å².